The number of halogens is 6. The monoisotopic (exact) mass is 545 g/mol. The van der Waals surface area contributed by atoms with Crippen molar-refractivity contribution in [3.8, 4) is 0 Å². The number of hydrogen-bond acceptors (Lipinski definition) is 3. The summed E-state index contributed by atoms with van der Waals surface area (Å²) in [7, 11) is -3.21. The second-order valence-electron chi connectivity index (χ2n) is 10.6. The van der Waals surface area contributed by atoms with E-state index < -0.39 is 53.3 Å². The quantitative estimate of drug-likeness (QED) is 0.214. The van der Waals surface area contributed by atoms with Crippen molar-refractivity contribution in [1.82, 2.24) is 0 Å². The third-order valence-corrected chi connectivity index (χ3v) is 8.96. The lowest BCUT2D eigenvalue weighted by Gasteiger charge is -2.29. The van der Waals surface area contributed by atoms with Crippen molar-refractivity contribution in [3.05, 3.63) is 69.3 Å². The van der Waals surface area contributed by atoms with Crippen molar-refractivity contribution in [2.24, 2.45) is 0 Å². The number of carbonyl (C=O) groups excluding carboxylic acids is 2. The SMILES string of the molecule is Cc1cc(C(C)(C)C)cc(C)c1C(=O)[P](=O)C1(C(=O)c2c(C(F)(F)F)cccc2C(F)(F)F)CCCC1. The van der Waals surface area contributed by atoms with Crippen LogP contribution in [0.3, 0.4) is 0 Å². The van der Waals surface area contributed by atoms with Gasteiger partial charge in [0, 0.05) is 11.1 Å². The zero-order valence-corrected chi connectivity index (χ0v) is 22.0. The molecular weight excluding hydrogens is 517 g/mol. The second kappa shape index (κ2) is 9.64. The average molecular weight is 545 g/mol. The highest BCUT2D eigenvalue weighted by atomic mass is 31.1. The largest absolute Gasteiger partial charge is 0.417 e. The molecule has 3 nitrogen and oxygen atoms in total. The maximum absolute atomic E-state index is 13.8. The van der Waals surface area contributed by atoms with Crippen molar-refractivity contribution in [2.45, 2.75) is 83.2 Å². The van der Waals surface area contributed by atoms with E-state index >= 15 is 0 Å². The van der Waals surface area contributed by atoms with Crippen molar-refractivity contribution in [1.29, 1.82) is 0 Å². The number of aryl methyl sites for hydroxylation is 2. The van der Waals surface area contributed by atoms with Gasteiger partial charge in [0.25, 0.3) is 0 Å². The Morgan fingerprint density at radius 2 is 1.24 bits per heavy atom. The standard InChI is InChI=1S/C27H28F6O3P/c1-15-13-17(24(3,4)5)14-16(2)20(15)23(35)37(36)25(11-6-7-12-25)22(34)21-18(26(28,29)30)9-8-10-19(21)27(31,32)33/h8-10,13-14H,6-7,11-12H2,1-5H3. The summed E-state index contributed by atoms with van der Waals surface area (Å²) in [4.78, 5) is 27.3. The van der Waals surface area contributed by atoms with Crippen molar-refractivity contribution >= 4 is 19.1 Å². The molecule has 37 heavy (non-hydrogen) atoms. The van der Waals surface area contributed by atoms with Gasteiger partial charge >= 0.3 is 12.4 Å². The Hall–Kier alpha value is -2.54. The summed E-state index contributed by atoms with van der Waals surface area (Å²) in [6, 6.07) is 4.87. The van der Waals surface area contributed by atoms with Gasteiger partial charge in [-0.3, -0.25) is 14.2 Å². The number of benzene rings is 2. The first-order valence-electron chi connectivity index (χ1n) is 11.8. The second-order valence-corrected chi connectivity index (χ2v) is 12.5. The summed E-state index contributed by atoms with van der Waals surface area (Å²) >= 11 is 0. The average Bonchev–Trinajstić information content (AvgIpc) is 3.26. The van der Waals surface area contributed by atoms with Crippen LogP contribution in [0.25, 0.3) is 0 Å². The molecule has 0 heterocycles. The van der Waals surface area contributed by atoms with Crippen LogP contribution >= 0.6 is 7.80 Å². The Balaban J connectivity index is 2.20. The smallest absolute Gasteiger partial charge is 0.293 e. The van der Waals surface area contributed by atoms with E-state index in [1.54, 1.807) is 26.0 Å². The van der Waals surface area contributed by atoms with E-state index in [0.29, 0.717) is 29.3 Å². The molecule has 1 atom stereocenters. The molecule has 1 aliphatic rings. The molecule has 0 spiro atoms. The highest BCUT2D eigenvalue weighted by Gasteiger charge is 2.54. The van der Waals surface area contributed by atoms with Gasteiger partial charge in [-0.1, -0.05) is 51.8 Å². The molecule has 1 unspecified atom stereocenters. The van der Waals surface area contributed by atoms with Gasteiger partial charge in [-0.25, -0.2) is 0 Å². The first-order valence-corrected chi connectivity index (χ1v) is 13.0. The fraction of sp³-hybridized carbons (Fsp3) is 0.481. The summed E-state index contributed by atoms with van der Waals surface area (Å²) < 4.78 is 96.6. The molecule has 10 heteroatoms. The number of ketones is 1. The normalized spacial score (nSPS) is 16.6. The molecule has 1 radical (unpaired) electrons. The van der Waals surface area contributed by atoms with Crippen LogP contribution in [0.4, 0.5) is 26.3 Å². The summed E-state index contributed by atoms with van der Waals surface area (Å²) in [5.74, 6) is -1.54. The lowest BCUT2D eigenvalue weighted by atomic mass is 9.84. The Bertz CT molecular complexity index is 1210. The van der Waals surface area contributed by atoms with Gasteiger partial charge in [-0.2, -0.15) is 26.3 Å². The van der Waals surface area contributed by atoms with E-state index in [2.05, 4.69) is 0 Å². The van der Waals surface area contributed by atoms with E-state index in [1.165, 1.54) is 0 Å². The molecule has 1 saturated carbocycles. The first kappa shape index (κ1) is 29.0. The van der Waals surface area contributed by atoms with Crippen molar-refractivity contribution < 1.29 is 40.5 Å². The van der Waals surface area contributed by atoms with Crippen molar-refractivity contribution in [3.63, 3.8) is 0 Å². The van der Waals surface area contributed by atoms with Crippen LogP contribution < -0.4 is 0 Å². The molecule has 1 fully saturated rings. The number of rotatable bonds is 5. The van der Waals surface area contributed by atoms with Crippen LogP contribution in [0, 0.1) is 13.8 Å². The minimum Gasteiger partial charge on any atom is -0.293 e. The van der Waals surface area contributed by atoms with Crippen LogP contribution in [-0.2, 0) is 22.3 Å². The van der Waals surface area contributed by atoms with E-state index in [4.69, 9.17) is 0 Å². The van der Waals surface area contributed by atoms with Crippen molar-refractivity contribution in [2.75, 3.05) is 0 Å². The highest BCUT2D eigenvalue weighted by molar-refractivity contribution is 7.67. The van der Waals surface area contributed by atoms with E-state index in [0.717, 1.165) is 5.56 Å². The molecule has 2 aromatic carbocycles. The van der Waals surface area contributed by atoms with Crippen LogP contribution in [-0.4, -0.2) is 16.5 Å². The maximum atomic E-state index is 13.8. The molecule has 0 amide bonds. The molecule has 2 aromatic rings. The zero-order chi connectivity index (χ0) is 28.1. The minimum absolute atomic E-state index is 0.0772. The third-order valence-electron chi connectivity index (χ3n) is 6.94. The van der Waals surface area contributed by atoms with Gasteiger partial charge in [0.05, 0.1) is 11.1 Å². The molecule has 0 bridgehead atoms. The van der Waals surface area contributed by atoms with E-state index in [-0.39, 0.29) is 36.7 Å². The van der Waals surface area contributed by atoms with Gasteiger partial charge in [-0.05, 0) is 60.9 Å². The molecule has 3 rings (SSSR count). The molecular formula is C27H28F6O3P. The van der Waals surface area contributed by atoms with Crippen LogP contribution in [0.2, 0.25) is 0 Å². The van der Waals surface area contributed by atoms with Crippen LogP contribution in [0.5, 0.6) is 0 Å². The fourth-order valence-corrected chi connectivity index (χ4v) is 6.98. The minimum atomic E-state index is -5.27. The Morgan fingerprint density at radius 3 is 1.62 bits per heavy atom. The predicted molar refractivity (Wildman–Crippen MR) is 129 cm³/mol. The summed E-state index contributed by atoms with van der Waals surface area (Å²) in [6.07, 6.45) is -10.5. The lowest BCUT2D eigenvalue weighted by Crippen LogP contribution is -2.37. The Kier molecular flexibility index (Phi) is 7.57. The Labute approximate surface area is 212 Å². The zero-order valence-electron chi connectivity index (χ0n) is 21.2. The van der Waals surface area contributed by atoms with Gasteiger partial charge < -0.3 is 0 Å². The summed E-state index contributed by atoms with van der Waals surface area (Å²) in [5, 5.41) is -2.16. The number of hydrogen-bond donors (Lipinski definition) is 0. The third kappa shape index (κ3) is 5.38. The Morgan fingerprint density at radius 1 is 0.811 bits per heavy atom. The number of Topliss-reactive ketones (excluding diaryl/α,β-unsaturated/α-hetero) is 1. The molecule has 1 aliphatic carbocycles. The van der Waals surface area contributed by atoms with Gasteiger partial charge in [0.2, 0.25) is 5.52 Å². The number of carbonyl (C=O) groups is 2. The summed E-state index contributed by atoms with van der Waals surface area (Å²) in [6.45, 7) is 9.15. The molecule has 0 N–H and O–H groups in total. The van der Waals surface area contributed by atoms with E-state index in [9.17, 15) is 40.5 Å². The van der Waals surface area contributed by atoms with Crippen LogP contribution in [0.15, 0.2) is 30.3 Å². The number of alkyl halides is 6. The maximum Gasteiger partial charge on any atom is 0.417 e. The lowest BCUT2D eigenvalue weighted by molar-refractivity contribution is -0.143. The predicted octanol–water partition coefficient (Wildman–Crippen LogP) is 8.80. The molecule has 0 aromatic heterocycles. The first-order chi connectivity index (χ1) is 16.8. The fourth-order valence-electron chi connectivity index (χ4n) is 5.01. The van der Waals surface area contributed by atoms with E-state index in [1.807, 2.05) is 20.8 Å². The topological polar surface area (TPSA) is 51.2 Å². The van der Waals surface area contributed by atoms with Crippen LogP contribution in [0.1, 0.15) is 95.0 Å². The summed E-state index contributed by atoms with van der Waals surface area (Å²) in [5.41, 5.74) is -4.35. The molecule has 0 aliphatic heterocycles. The van der Waals surface area contributed by atoms with Gasteiger partial charge in [-0.15, -0.1) is 0 Å². The van der Waals surface area contributed by atoms with Gasteiger partial charge in [0.1, 0.15) is 5.16 Å². The molecule has 0 saturated heterocycles. The van der Waals surface area contributed by atoms with Gasteiger partial charge in [0.15, 0.2) is 13.6 Å². The molecule has 201 valence electrons. The highest BCUT2D eigenvalue weighted by Crippen LogP contribution is 2.56.